The SMILES string of the molecule is CC(c1cc(C(F)(F)F)cc(C(F)(F)F)c1)N1CCC(N)C1. The smallest absolute Gasteiger partial charge is 0.326 e. The summed E-state index contributed by atoms with van der Waals surface area (Å²) in [5.41, 5.74) is 3.17. The van der Waals surface area contributed by atoms with E-state index in [1.165, 1.54) is 0 Å². The molecule has 22 heavy (non-hydrogen) atoms. The van der Waals surface area contributed by atoms with E-state index in [-0.39, 0.29) is 17.7 Å². The molecule has 0 saturated carbocycles. The summed E-state index contributed by atoms with van der Waals surface area (Å²) < 4.78 is 77.0. The molecule has 1 aromatic rings. The molecule has 2 N–H and O–H groups in total. The molecule has 1 heterocycles. The standard InChI is InChI=1S/C14H16F6N2/c1-8(22-3-2-12(21)7-22)9-4-10(13(15,16)17)6-11(5-9)14(18,19)20/h4-6,8,12H,2-3,7,21H2,1H3. The Balaban J connectivity index is 2.42. The molecule has 0 bridgehead atoms. The summed E-state index contributed by atoms with van der Waals surface area (Å²) in [5, 5.41) is 0. The minimum atomic E-state index is -4.82. The predicted molar refractivity (Wildman–Crippen MR) is 69.0 cm³/mol. The highest BCUT2D eigenvalue weighted by molar-refractivity contribution is 5.35. The number of alkyl halides is 6. The van der Waals surface area contributed by atoms with Crippen molar-refractivity contribution in [2.24, 2.45) is 5.73 Å². The topological polar surface area (TPSA) is 29.3 Å². The summed E-state index contributed by atoms with van der Waals surface area (Å²) >= 11 is 0. The zero-order valence-electron chi connectivity index (χ0n) is 11.8. The lowest BCUT2D eigenvalue weighted by molar-refractivity contribution is -0.143. The van der Waals surface area contributed by atoms with E-state index in [4.69, 9.17) is 5.73 Å². The Morgan fingerprint density at radius 2 is 1.55 bits per heavy atom. The summed E-state index contributed by atoms with van der Waals surface area (Å²) in [5.74, 6) is 0. The fourth-order valence-electron chi connectivity index (χ4n) is 2.60. The molecule has 1 aliphatic heterocycles. The van der Waals surface area contributed by atoms with Gasteiger partial charge in [-0.25, -0.2) is 0 Å². The second-order valence-corrected chi connectivity index (χ2v) is 5.56. The van der Waals surface area contributed by atoms with Crippen molar-refractivity contribution in [3.8, 4) is 0 Å². The lowest BCUT2D eigenvalue weighted by Gasteiger charge is -2.26. The largest absolute Gasteiger partial charge is 0.416 e. The van der Waals surface area contributed by atoms with Gasteiger partial charge in [-0.2, -0.15) is 26.3 Å². The second-order valence-electron chi connectivity index (χ2n) is 5.56. The van der Waals surface area contributed by atoms with Crippen LogP contribution >= 0.6 is 0 Å². The minimum Gasteiger partial charge on any atom is -0.326 e. The van der Waals surface area contributed by atoms with Crippen LogP contribution < -0.4 is 5.73 Å². The van der Waals surface area contributed by atoms with E-state index in [9.17, 15) is 26.3 Å². The number of benzene rings is 1. The van der Waals surface area contributed by atoms with E-state index in [2.05, 4.69) is 0 Å². The molecule has 8 heteroatoms. The van der Waals surface area contributed by atoms with Crippen LogP contribution in [0.2, 0.25) is 0 Å². The molecule has 0 aromatic heterocycles. The molecule has 2 rings (SSSR count). The van der Waals surface area contributed by atoms with Gasteiger partial charge >= 0.3 is 12.4 Å². The van der Waals surface area contributed by atoms with E-state index in [0.29, 0.717) is 19.5 Å². The maximum atomic E-state index is 12.8. The number of rotatable bonds is 2. The summed E-state index contributed by atoms with van der Waals surface area (Å²) in [6.45, 7) is 2.60. The van der Waals surface area contributed by atoms with Crippen LogP contribution in [0.25, 0.3) is 0 Å². The molecule has 124 valence electrons. The normalized spacial score (nSPS) is 22.1. The van der Waals surface area contributed by atoms with Crippen LogP contribution in [0.15, 0.2) is 18.2 Å². The predicted octanol–water partition coefficient (Wildman–Crippen LogP) is 3.82. The van der Waals surface area contributed by atoms with Crippen LogP contribution in [0.1, 0.15) is 36.1 Å². The first-order chi connectivity index (χ1) is 9.98. The van der Waals surface area contributed by atoms with Gasteiger partial charge in [0.25, 0.3) is 0 Å². The Labute approximate surface area is 123 Å². The van der Waals surface area contributed by atoms with E-state index < -0.39 is 29.5 Å². The zero-order chi connectivity index (χ0) is 16.7. The van der Waals surface area contributed by atoms with Gasteiger partial charge in [0.1, 0.15) is 0 Å². The van der Waals surface area contributed by atoms with Crippen molar-refractivity contribution in [2.45, 2.75) is 37.8 Å². The third-order valence-corrected chi connectivity index (χ3v) is 3.90. The van der Waals surface area contributed by atoms with Crippen molar-refractivity contribution < 1.29 is 26.3 Å². The molecule has 2 atom stereocenters. The first-order valence-electron chi connectivity index (χ1n) is 6.77. The number of nitrogens with two attached hydrogens (primary N) is 1. The third kappa shape index (κ3) is 3.73. The highest BCUT2D eigenvalue weighted by atomic mass is 19.4. The van der Waals surface area contributed by atoms with Crippen molar-refractivity contribution in [1.29, 1.82) is 0 Å². The summed E-state index contributed by atoms with van der Waals surface area (Å²) in [4.78, 5) is 1.79. The van der Waals surface area contributed by atoms with Gasteiger partial charge in [0.05, 0.1) is 11.1 Å². The molecule has 1 fully saturated rings. The van der Waals surface area contributed by atoms with Gasteiger partial charge in [0, 0.05) is 25.2 Å². The molecule has 1 aliphatic rings. The molecular weight excluding hydrogens is 310 g/mol. The maximum absolute atomic E-state index is 12.8. The van der Waals surface area contributed by atoms with E-state index in [0.717, 1.165) is 12.1 Å². The third-order valence-electron chi connectivity index (χ3n) is 3.90. The van der Waals surface area contributed by atoms with Gasteiger partial charge in [-0.3, -0.25) is 4.90 Å². The molecule has 2 nitrogen and oxygen atoms in total. The first-order valence-corrected chi connectivity index (χ1v) is 6.77. The number of likely N-dealkylation sites (tertiary alicyclic amines) is 1. The Bertz CT molecular complexity index is 505. The van der Waals surface area contributed by atoms with Gasteiger partial charge in [0.15, 0.2) is 0 Å². The molecule has 0 radical (unpaired) electrons. The zero-order valence-corrected chi connectivity index (χ0v) is 11.8. The van der Waals surface area contributed by atoms with Crippen molar-refractivity contribution >= 4 is 0 Å². The summed E-state index contributed by atoms with van der Waals surface area (Å²) in [7, 11) is 0. The fraction of sp³-hybridized carbons (Fsp3) is 0.571. The van der Waals surface area contributed by atoms with Crippen molar-refractivity contribution in [3.05, 3.63) is 34.9 Å². The Morgan fingerprint density at radius 3 is 1.91 bits per heavy atom. The summed E-state index contributed by atoms with van der Waals surface area (Å²) in [6.07, 6.45) is -8.97. The molecule has 0 aliphatic carbocycles. The van der Waals surface area contributed by atoms with Gasteiger partial charge in [-0.15, -0.1) is 0 Å². The van der Waals surface area contributed by atoms with Crippen LogP contribution in [-0.4, -0.2) is 24.0 Å². The van der Waals surface area contributed by atoms with Crippen LogP contribution in [0.4, 0.5) is 26.3 Å². The Kier molecular flexibility index (Phi) is 4.45. The van der Waals surface area contributed by atoms with E-state index in [1.807, 2.05) is 0 Å². The van der Waals surface area contributed by atoms with Crippen LogP contribution in [0.3, 0.4) is 0 Å². The van der Waals surface area contributed by atoms with E-state index in [1.54, 1.807) is 11.8 Å². The van der Waals surface area contributed by atoms with Gasteiger partial charge in [-0.05, 0) is 37.1 Å². The number of hydrogen-bond donors (Lipinski definition) is 1. The first kappa shape index (κ1) is 17.1. The Hall–Kier alpha value is -1.28. The molecule has 2 unspecified atom stereocenters. The number of halogens is 6. The van der Waals surface area contributed by atoms with Crippen LogP contribution in [0, 0.1) is 0 Å². The average molecular weight is 326 g/mol. The Morgan fingerprint density at radius 1 is 1.05 bits per heavy atom. The fourth-order valence-corrected chi connectivity index (χ4v) is 2.60. The molecule has 1 aromatic carbocycles. The second kappa shape index (κ2) is 5.73. The van der Waals surface area contributed by atoms with Gasteiger partial charge in [0.2, 0.25) is 0 Å². The maximum Gasteiger partial charge on any atom is 0.416 e. The average Bonchev–Trinajstić information content (AvgIpc) is 2.82. The number of nitrogens with zero attached hydrogens (tertiary/aromatic N) is 1. The highest BCUT2D eigenvalue weighted by Gasteiger charge is 2.38. The van der Waals surface area contributed by atoms with Crippen molar-refractivity contribution in [3.63, 3.8) is 0 Å². The number of hydrogen-bond acceptors (Lipinski definition) is 2. The minimum absolute atomic E-state index is 0.00347. The van der Waals surface area contributed by atoms with Crippen molar-refractivity contribution in [2.75, 3.05) is 13.1 Å². The lowest BCUT2D eigenvalue weighted by Crippen LogP contribution is -2.29. The van der Waals surface area contributed by atoms with E-state index >= 15 is 0 Å². The molecule has 1 saturated heterocycles. The lowest BCUT2D eigenvalue weighted by atomic mass is 9.99. The van der Waals surface area contributed by atoms with Crippen LogP contribution in [0.5, 0.6) is 0 Å². The van der Waals surface area contributed by atoms with Crippen LogP contribution in [-0.2, 0) is 12.4 Å². The molecule has 0 amide bonds. The molecule has 0 spiro atoms. The monoisotopic (exact) mass is 326 g/mol. The quantitative estimate of drug-likeness (QED) is 0.837. The van der Waals surface area contributed by atoms with Gasteiger partial charge < -0.3 is 5.73 Å². The molecular formula is C14H16F6N2. The van der Waals surface area contributed by atoms with Gasteiger partial charge in [-0.1, -0.05) is 0 Å². The summed E-state index contributed by atoms with van der Waals surface area (Å²) in [6, 6.07) is 1.05. The van der Waals surface area contributed by atoms with Crippen molar-refractivity contribution in [1.82, 2.24) is 4.90 Å². The highest BCUT2D eigenvalue weighted by Crippen LogP contribution is 2.38.